The van der Waals surface area contributed by atoms with Gasteiger partial charge in [0.2, 0.25) is 5.43 Å². The molecule has 0 saturated carbocycles. The highest BCUT2D eigenvalue weighted by Gasteiger charge is 2.31. The molecule has 0 spiro atoms. The smallest absolute Gasteiger partial charge is 0.343 e. The van der Waals surface area contributed by atoms with Gasteiger partial charge in [-0.3, -0.25) is 10.6 Å². The zero-order valence-corrected chi connectivity index (χ0v) is 15.9. The van der Waals surface area contributed by atoms with Crippen molar-refractivity contribution in [2.75, 3.05) is 44.3 Å². The van der Waals surface area contributed by atoms with Crippen LogP contribution in [-0.2, 0) is 4.74 Å². The van der Waals surface area contributed by atoms with Crippen molar-refractivity contribution in [1.29, 1.82) is 0 Å². The highest BCUT2D eigenvalue weighted by molar-refractivity contribution is 5.98. The lowest BCUT2D eigenvalue weighted by molar-refractivity contribution is 0.0523. The van der Waals surface area contributed by atoms with Crippen molar-refractivity contribution in [2.45, 2.75) is 19.9 Å². The maximum atomic E-state index is 15.1. The third-order valence-corrected chi connectivity index (χ3v) is 5.27. The number of pyridine rings is 1. The largest absolute Gasteiger partial charge is 0.487 e. The summed E-state index contributed by atoms with van der Waals surface area (Å²) in [6, 6.07) is 1.08. The first-order valence-electron chi connectivity index (χ1n) is 9.38. The molecule has 2 aliphatic heterocycles. The first kappa shape index (κ1) is 18.7. The van der Waals surface area contributed by atoms with Crippen LogP contribution in [0.4, 0.5) is 10.1 Å². The lowest BCUT2D eigenvalue weighted by atomic mass is 10.1. The van der Waals surface area contributed by atoms with Gasteiger partial charge in [-0.15, -0.1) is 0 Å². The van der Waals surface area contributed by atoms with Gasteiger partial charge in [-0.25, -0.2) is 14.2 Å². The van der Waals surface area contributed by atoms with E-state index in [4.69, 9.17) is 15.3 Å². The minimum absolute atomic E-state index is 0.0991. The molecule has 3 heterocycles. The van der Waals surface area contributed by atoms with Crippen LogP contribution in [0.5, 0.6) is 5.75 Å². The van der Waals surface area contributed by atoms with Gasteiger partial charge in [0.1, 0.15) is 17.9 Å². The number of rotatable bonds is 3. The van der Waals surface area contributed by atoms with Gasteiger partial charge in [0.25, 0.3) is 0 Å². The maximum absolute atomic E-state index is 15.1. The number of halogens is 1. The van der Waals surface area contributed by atoms with Crippen molar-refractivity contribution in [3.63, 3.8) is 0 Å². The molecule has 2 aliphatic rings. The quantitative estimate of drug-likeness (QED) is 0.623. The third-order valence-electron chi connectivity index (χ3n) is 5.27. The molecule has 0 bridgehead atoms. The summed E-state index contributed by atoms with van der Waals surface area (Å²) < 4.78 is 27.8. The topological polar surface area (TPSA) is 90.0 Å². The van der Waals surface area contributed by atoms with E-state index in [1.807, 2.05) is 16.4 Å². The van der Waals surface area contributed by atoms with Crippen LogP contribution >= 0.6 is 0 Å². The fourth-order valence-corrected chi connectivity index (χ4v) is 3.81. The number of nitrogens with zero attached hydrogens (tertiary/aromatic N) is 3. The minimum Gasteiger partial charge on any atom is -0.487 e. The number of aromatic nitrogens is 1. The van der Waals surface area contributed by atoms with Crippen LogP contribution < -0.4 is 20.9 Å². The molecule has 1 aromatic carbocycles. The summed E-state index contributed by atoms with van der Waals surface area (Å²) in [5.41, 5.74) is 0.187. The predicted molar refractivity (Wildman–Crippen MR) is 102 cm³/mol. The molecule has 0 unspecified atom stereocenters. The van der Waals surface area contributed by atoms with E-state index in [1.165, 1.54) is 12.3 Å². The molecule has 9 heteroatoms. The van der Waals surface area contributed by atoms with Crippen molar-refractivity contribution >= 4 is 22.6 Å². The average molecular weight is 390 g/mol. The number of ether oxygens (including phenoxy) is 2. The number of hydrogen-bond acceptors (Lipinski definition) is 7. The first-order valence-corrected chi connectivity index (χ1v) is 9.38. The SMILES string of the molecule is CCOC(=O)c1cn2c3c(c(N4CCN(N)CC4)c(F)cc3c1=O)OC[C@H]2C. The molecular formula is C19H23FN4O4. The van der Waals surface area contributed by atoms with E-state index in [0.717, 1.165) is 0 Å². The Morgan fingerprint density at radius 3 is 2.75 bits per heavy atom. The van der Waals surface area contributed by atoms with Crippen molar-refractivity contribution in [1.82, 2.24) is 9.58 Å². The molecule has 4 rings (SSSR count). The molecule has 2 N–H and O–H groups in total. The van der Waals surface area contributed by atoms with E-state index >= 15 is 4.39 Å². The second-order valence-corrected chi connectivity index (χ2v) is 7.11. The molecule has 8 nitrogen and oxygen atoms in total. The zero-order chi connectivity index (χ0) is 20.0. The molecule has 0 amide bonds. The summed E-state index contributed by atoms with van der Waals surface area (Å²) in [7, 11) is 0. The monoisotopic (exact) mass is 390 g/mol. The summed E-state index contributed by atoms with van der Waals surface area (Å²) in [5.74, 6) is 4.89. The Morgan fingerprint density at radius 2 is 2.07 bits per heavy atom. The van der Waals surface area contributed by atoms with Gasteiger partial charge < -0.3 is 18.9 Å². The summed E-state index contributed by atoms with van der Waals surface area (Å²) in [5, 5.41) is 1.80. The molecule has 150 valence electrons. The number of hydrazine groups is 1. The van der Waals surface area contributed by atoms with Crippen LogP contribution in [0.1, 0.15) is 30.2 Å². The molecule has 1 aromatic heterocycles. The van der Waals surface area contributed by atoms with Crippen LogP contribution in [0.3, 0.4) is 0 Å². The van der Waals surface area contributed by atoms with Crippen molar-refractivity contribution in [2.24, 2.45) is 5.84 Å². The number of piperazine rings is 1. The van der Waals surface area contributed by atoms with Crippen LogP contribution in [-0.4, -0.2) is 54.9 Å². The number of esters is 1. The average Bonchev–Trinajstić information content (AvgIpc) is 2.67. The Hall–Kier alpha value is -2.65. The van der Waals surface area contributed by atoms with Gasteiger partial charge in [-0.05, 0) is 19.9 Å². The van der Waals surface area contributed by atoms with Crippen LogP contribution in [0, 0.1) is 5.82 Å². The Balaban J connectivity index is 1.95. The van der Waals surface area contributed by atoms with E-state index in [9.17, 15) is 9.59 Å². The minimum atomic E-state index is -0.707. The molecule has 28 heavy (non-hydrogen) atoms. The normalized spacial score (nSPS) is 19.6. The highest BCUT2D eigenvalue weighted by Crippen LogP contribution is 2.42. The van der Waals surface area contributed by atoms with Crippen molar-refractivity contribution in [3.8, 4) is 5.75 Å². The van der Waals surface area contributed by atoms with E-state index in [0.29, 0.717) is 49.7 Å². The summed E-state index contributed by atoms with van der Waals surface area (Å²) in [6.07, 6.45) is 1.50. The van der Waals surface area contributed by atoms with Crippen molar-refractivity contribution < 1.29 is 18.7 Å². The van der Waals surface area contributed by atoms with Gasteiger partial charge in [-0.1, -0.05) is 0 Å². The van der Waals surface area contributed by atoms with E-state index in [1.54, 1.807) is 11.9 Å². The van der Waals surface area contributed by atoms with E-state index in [2.05, 4.69) is 0 Å². The summed E-state index contributed by atoms with van der Waals surface area (Å²) in [6.45, 7) is 6.34. The van der Waals surface area contributed by atoms with E-state index < -0.39 is 17.2 Å². The fourth-order valence-electron chi connectivity index (χ4n) is 3.81. The standard InChI is InChI=1S/C19H23FN4O4/c1-3-27-19(26)13-9-24-11(2)10-28-18-15(24)12(17(13)25)8-14(20)16(18)22-4-6-23(21)7-5-22/h8-9,11H,3-7,10,21H2,1-2H3/t11-/m1/s1. The number of carbonyl (C=O) groups excluding carboxylic acids is 1. The van der Waals surface area contributed by atoms with Gasteiger partial charge in [0, 0.05) is 32.4 Å². The Morgan fingerprint density at radius 1 is 1.36 bits per heavy atom. The molecular weight excluding hydrogens is 367 g/mol. The third kappa shape index (κ3) is 2.91. The Bertz CT molecular complexity index is 998. The predicted octanol–water partition coefficient (Wildman–Crippen LogP) is 1.27. The van der Waals surface area contributed by atoms with Crippen LogP contribution in [0.2, 0.25) is 0 Å². The zero-order valence-electron chi connectivity index (χ0n) is 15.9. The number of carbonyl (C=O) groups is 1. The summed E-state index contributed by atoms with van der Waals surface area (Å²) >= 11 is 0. The molecule has 1 fully saturated rings. The Kier molecular flexibility index (Phi) is 4.72. The number of benzene rings is 1. The lowest BCUT2D eigenvalue weighted by Crippen LogP contribution is -2.49. The Labute approximate surface area is 161 Å². The maximum Gasteiger partial charge on any atom is 0.343 e. The first-order chi connectivity index (χ1) is 13.4. The number of hydrogen-bond donors (Lipinski definition) is 1. The van der Waals surface area contributed by atoms with Gasteiger partial charge >= 0.3 is 5.97 Å². The lowest BCUT2D eigenvalue weighted by Gasteiger charge is -2.36. The highest BCUT2D eigenvalue weighted by atomic mass is 19.1. The van der Waals surface area contributed by atoms with Crippen LogP contribution in [0.25, 0.3) is 10.9 Å². The molecule has 1 atom stereocenters. The van der Waals surface area contributed by atoms with Crippen molar-refractivity contribution in [3.05, 3.63) is 33.9 Å². The number of anilines is 1. The second kappa shape index (κ2) is 7.06. The van der Waals surface area contributed by atoms with Gasteiger partial charge in [-0.2, -0.15) is 0 Å². The molecule has 0 radical (unpaired) electrons. The molecule has 2 aromatic rings. The fraction of sp³-hybridized carbons (Fsp3) is 0.474. The van der Waals surface area contributed by atoms with E-state index in [-0.39, 0.29) is 23.6 Å². The summed E-state index contributed by atoms with van der Waals surface area (Å²) in [4.78, 5) is 27.0. The van der Waals surface area contributed by atoms with Gasteiger partial charge in [0.05, 0.1) is 23.6 Å². The molecule has 1 saturated heterocycles. The number of nitrogens with two attached hydrogens (primary N) is 1. The second-order valence-electron chi connectivity index (χ2n) is 7.11. The van der Waals surface area contributed by atoms with Crippen LogP contribution in [0.15, 0.2) is 17.1 Å². The van der Waals surface area contributed by atoms with Gasteiger partial charge in [0.15, 0.2) is 11.6 Å². The molecule has 0 aliphatic carbocycles.